The van der Waals surface area contributed by atoms with Crippen LogP contribution in [0.2, 0.25) is 0 Å². The number of likely N-dealkylation sites (tertiary alicyclic amines) is 1. The van der Waals surface area contributed by atoms with E-state index < -0.39 is 35.6 Å². The Kier molecular flexibility index (Phi) is 7.24. The van der Waals surface area contributed by atoms with E-state index in [1.807, 2.05) is 31.2 Å². The lowest BCUT2D eigenvalue weighted by Crippen LogP contribution is -2.49. The van der Waals surface area contributed by atoms with Crippen molar-refractivity contribution < 1.29 is 28.2 Å². The van der Waals surface area contributed by atoms with Crippen LogP contribution in [-0.2, 0) is 9.59 Å². The molecule has 3 aromatic rings. The first kappa shape index (κ1) is 27.0. The van der Waals surface area contributed by atoms with Gasteiger partial charge in [0.25, 0.3) is 0 Å². The summed E-state index contributed by atoms with van der Waals surface area (Å²) < 4.78 is 25.2. The molecular formula is C33H33FN2O5. The van der Waals surface area contributed by atoms with Crippen LogP contribution in [0.1, 0.15) is 71.1 Å². The highest BCUT2D eigenvalue weighted by atomic mass is 19.1. The molecule has 2 fully saturated rings. The summed E-state index contributed by atoms with van der Waals surface area (Å²) in [5, 5.41) is 0. The van der Waals surface area contributed by atoms with Gasteiger partial charge in [-0.15, -0.1) is 0 Å². The molecule has 2 N–H and O–H groups in total. The number of fused-ring (bicyclic) bond motifs is 1. The smallest absolute Gasteiger partial charge is 0.240 e. The second kappa shape index (κ2) is 11.0. The van der Waals surface area contributed by atoms with Crippen molar-refractivity contribution in [2.75, 3.05) is 6.79 Å². The minimum absolute atomic E-state index is 0.0714. The SMILES string of the molecule is Cc1cccc(C(=O)C2C(c3ccc(F)cc3)C(C(N)=O)N(C(=O)C3CCCCC3)C2c2ccc3c(c2)OCO3)c1. The van der Waals surface area contributed by atoms with Gasteiger partial charge in [-0.3, -0.25) is 14.4 Å². The molecule has 2 amide bonds. The first-order valence-corrected chi connectivity index (χ1v) is 14.2. The van der Waals surface area contributed by atoms with Crippen molar-refractivity contribution in [2.45, 2.75) is 57.0 Å². The maximum absolute atomic E-state index is 14.6. The van der Waals surface area contributed by atoms with E-state index in [0.717, 1.165) is 24.8 Å². The van der Waals surface area contributed by atoms with Gasteiger partial charge in [-0.05, 0) is 61.2 Å². The highest BCUT2D eigenvalue weighted by Gasteiger charge is 2.57. The molecule has 212 valence electrons. The zero-order chi connectivity index (χ0) is 28.7. The molecule has 7 nitrogen and oxygen atoms in total. The average Bonchev–Trinajstić information content (AvgIpc) is 3.60. The molecule has 2 aliphatic heterocycles. The molecule has 0 aromatic heterocycles. The lowest BCUT2D eigenvalue weighted by molar-refractivity contribution is -0.144. The van der Waals surface area contributed by atoms with Crippen LogP contribution in [0.25, 0.3) is 0 Å². The molecular weight excluding hydrogens is 523 g/mol. The van der Waals surface area contributed by atoms with Crippen molar-refractivity contribution >= 4 is 17.6 Å². The molecule has 0 radical (unpaired) electrons. The minimum atomic E-state index is -1.11. The summed E-state index contributed by atoms with van der Waals surface area (Å²) in [5.74, 6) is -2.38. The predicted octanol–water partition coefficient (Wildman–Crippen LogP) is 5.46. The van der Waals surface area contributed by atoms with Crippen LogP contribution in [0.15, 0.2) is 66.7 Å². The molecule has 1 saturated carbocycles. The summed E-state index contributed by atoms with van der Waals surface area (Å²) in [6.45, 7) is 1.98. The van der Waals surface area contributed by atoms with E-state index in [9.17, 15) is 18.8 Å². The Balaban J connectivity index is 1.57. The van der Waals surface area contributed by atoms with Crippen LogP contribution < -0.4 is 15.2 Å². The first-order valence-electron chi connectivity index (χ1n) is 14.2. The van der Waals surface area contributed by atoms with Crippen LogP contribution in [0.5, 0.6) is 11.5 Å². The normalized spacial score (nSPS) is 23.9. The third-order valence-corrected chi connectivity index (χ3v) is 8.77. The molecule has 3 aliphatic rings. The van der Waals surface area contributed by atoms with Gasteiger partial charge in [0.05, 0.1) is 12.0 Å². The summed E-state index contributed by atoms with van der Waals surface area (Å²) >= 11 is 0. The maximum atomic E-state index is 14.6. The molecule has 6 rings (SSSR count). The number of aryl methyl sites for hydroxylation is 1. The average molecular weight is 557 g/mol. The van der Waals surface area contributed by atoms with E-state index in [-0.39, 0.29) is 24.4 Å². The number of carbonyl (C=O) groups is 3. The number of nitrogens with zero attached hydrogens (tertiary/aromatic N) is 1. The van der Waals surface area contributed by atoms with Crippen LogP contribution in [-0.4, -0.2) is 35.3 Å². The molecule has 1 saturated heterocycles. The topological polar surface area (TPSA) is 98.9 Å². The van der Waals surface area contributed by atoms with E-state index >= 15 is 0 Å². The second-order valence-electron chi connectivity index (χ2n) is 11.3. The van der Waals surface area contributed by atoms with Crippen LogP contribution in [0.4, 0.5) is 4.39 Å². The van der Waals surface area contributed by atoms with Crippen molar-refractivity contribution in [3.63, 3.8) is 0 Å². The number of Topliss-reactive ketones (excluding diaryl/α,β-unsaturated/α-hetero) is 1. The van der Waals surface area contributed by atoms with Crippen molar-refractivity contribution in [2.24, 2.45) is 17.6 Å². The predicted molar refractivity (Wildman–Crippen MR) is 150 cm³/mol. The molecule has 3 aromatic carbocycles. The number of hydrogen-bond donors (Lipinski definition) is 1. The zero-order valence-corrected chi connectivity index (χ0v) is 22.9. The van der Waals surface area contributed by atoms with Gasteiger partial charge in [-0.25, -0.2) is 4.39 Å². The molecule has 8 heteroatoms. The van der Waals surface area contributed by atoms with Gasteiger partial charge < -0.3 is 20.1 Å². The van der Waals surface area contributed by atoms with Gasteiger partial charge in [-0.2, -0.15) is 0 Å². The van der Waals surface area contributed by atoms with Gasteiger partial charge in [0, 0.05) is 17.4 Å². The molecule has 4 atom stereocenters. The van der Waals surface area contributed by atoms with Crippen LogP contribution in [0.3, 0.4) is 0 Å². The number of ether oxygens (including phenoxy) is 2. The second-order valence-corrected chi connectivity index (χ2v) is 11.3. The number of benzene rings is 3. The Morgan fingerprint density at radius 1 is 0.878 bits per heavy atom. The number of carbonyl (C=O) groups excluding carboxylic acids is 3. The third-order valence-electron chi connectivity index (χ3n) is 8.77. The summed E-state index contributed by atoms with van der Waals surface area (Å²) in [5.41, 5.74) is 8.72. The zero-order valence-electron chi connectivity index (χ0n) is 22.9. The number of ketones is 1. The monoisotopic (exact) mass is 556 g/mol. The minimum Gasteiger partial charge on any atom is -0.454 e. The van der Waals surface area contributed by atoms with Gasteiger partial charge in [0.15, 0.2) is 17.3 Å². The summed E-state index contributed by atoms with van der Waals surface area (Å²) in [4.78, 5) is 43.9. The fourth-order valence-electron chi connectivity index (χ4n) is 6.90. The lowest BCUT2D eigenvalue weighted by Gasteiger charge is -2.35. The van der Waals surface area contributed by atoms with Crippen molar-refractivity contribution in [1.29, 1.82) is 0 Å². The number of primary amides is 1. The fourth-order valence-corrected chi connectivity index (χ4v) is 6.90. The summed E-state index contributed by atoms with van der Waals surface area (Å²) in [6.07, 6.45) is 4.33. The first-order chi connectivity index (χ1) is 19.8. The molecule has 0 spiro atoms. The van der Waals surface area contributed by atoms with E-state index in [4.69, 9.17) is 15.2 Å². The van der Waals surface area contributed by atoms with E-state index in [0.29, 0.717) is 41.0 Å². The third kappa shape index (κ3) is 4.96. The lowest BCUT2D eigenvalue weighted by atomic mass is 9.76. The van der Waals surface area contributed by atoms with E-state index in [2.05, 4.69) is 0 Å². The Morgan fingerprint density at radius 2 is 1.59 bits per heavy atom. The number of rotatable bonds is 6. The largest absolute Gasteiger partial charge is 0.454 e. The van der Waals surface area contributed by atoms with Crippen LogP contribution in [0, 0.1) is 24.6 Å². The van der Waals surface area contributed by atoms with Crippen molar-refractivity contribution in [1.82, 2.24) is 4.90 Å². The van der Waals surface area contributed by atoms with Gasteiger partial charge in [0.1, 0.15) is 11.9 Å². The maximum Gasteiger partial charge on any atom is 0.240 e. The molecule has 41 heavy (non-hydrogen) atoms. The number of hydrogen-bond acceptors (Lipinski definition) is 5. The molecule has 2 heterocycles. The van der Waals surface area contributed by atoms with Crippen molar-refractivity contribution in [3.8, 4) is 11.5 Å². The van der Waals surface area contributed by atoms with Gasteiger partial charge >= 0.3 is 0 Å². The van der Waals surface area contributed by atoms with E-state index in [1.165, 1.54) is 12.1 Å². The number of nitrogens with two attached hydrogens (primary N) is 1. The van der Waals surface area contributed by atoms with Gasteiger partial charge in [0.2, 0.25) is 18.6 Å². The number of amides is 2. The van der Waals surface area contributed by atoms with Crippen LogP contribution >= 0.6 is 0 Å². The summed E-state index contributed by atoms with van der Waals surface area (Å²) in [7, 11) is 0. The standard InChI is InChI=1S/C33H33FN2O5/c1-19-6-5-9-23(16-19)31(37)28-27(20-10-13-24(34)14-11-20)30(32(35)38)36(33(39)21-7-3-2-4-8-21)29(28)22-12-15-25-26(17-22)41-18-40-25/h5-6,9-17,21,27-30H,2-4,7-8,18H2,1H3,(H2,35,38). The highest BCUT2D eigenvalue weighted by molar-refractivity contribution is 6.02. The van der Waals surface area contributed by atoms with Crippen molar-refractivity contribution in [3.05, 3.63) is 94.8 Å². The highest BCUT2D eigenvalue weighted by Crippen LogP contribution is 2.53. The Hall–Kier alpha value is -4.20. The fraction of sp³-hybridized carbons (Fsp3) is 0.364. The number of halogens is 1. The summed E-state index contributed by atoms with van der Waals surface area (Å²) in [6, 6.07) is 16.5. The Bertz CT molecular complexity index is 1480. The quantitative estimate of drug-likeness (QED) is 0.407. The molecule has 1 aliphatic carbocycles. The van der Waals surface area contributed by atoms with Gasteiger partial charge in [-0.1, -0.05) is 61.2 Å². The Labute approximate surface area is 238 Å². The molecule has 0 bridgehead atoms. The molecule has 4 unspecified atom stereocenters. The Morgan fingerprint density at radius 3 is 2.29 bits per heavy atom. The van der Waals surface area contributed by atoms with E-state index in [1.54, 1.807) is 35.2 Å².